The van der Waals surface area contributed by atoms with E-state index >= 15 is 0 Å². The summed E-state index contributed by atoms with van der Waals surface area (Å²) in [6.07, 6.45) is -0.0607. The number of nitrogens with one attached hydrogen (secondary N) is 2. The van der Waals surface area contributed by atoms with E-state index in [4.69, 9.17) is 16.7 Å². The Hall–Kier alpha value is -3.61. The molecule has 0 bridgehead atoms. The van der Waals surface area contributed by atoms with E-state index in [-0.39, 0.29) is 12.3 Å². The molecule has 6 nitrogen and oxygen atoms in total. The van der Waals surface area contributed by atoms with E-state index in [2.05, 4.69) is 15.5 Å². The molecule has 1 amide bonds. The van der Waals surface area contributed by atoms with Crippen LogP contribution < -0.4 is 10.6 Å². The Bertz CT molecular complexity index is 1230. The fraction of sp³-hybridized carbons (Fsp3) is 0.154. The van der Waals surface area contributed by atoms with E-state index in [1.165, 1.54) is 5.56 Å². The van der Waals surface area contributed by atoms with Crippen LogP contribution in [0.2, 0.25) is 5.02 Å². The Kier molecular flexibility index (Phi) is 6.49. The van der Waals surface area contributed by atoms with Crippen LogP contribution in [-0.2, 0) is 22.6 Å². The predicted molar refractivity (Wildman–Crippen MR) is 132 cm³/mol. The molecule has 33 heavy (non-hydrogen) atoms. The molecule has 0 spiro atoms. The van der Waals surface area contributed by atoms with Crippen LogP contribution in [0.4, 0.5) is 11.4 Å². The van der Waals surface area contributed by atoms with Gasteiger partial charge in [-0.25, -0.2) is 0 Å². The lowest BCUT2D eigenvalue weighted by Gasteiger charge is -2.16. The van der Waals surface area contributed by atoms with E-state index in [0.717, 1.165) is 23.4 Å². The van der Waals surface area contributed by atoms with Gasteiger partial charge in [0.1, 0.15) is 0 Å². The van der Waals surface area contributed by atoms with Crippen molar-refractivity contribution in [3.63, 3.8) is 0 Å². The van der Waals surface area contributed by atoms with Crippen LogP contribution in [-0.4, -0.2) is 36.0 Å². The van der Waals surface area contributed by atoms with Gasteiger partial charge in [-0.15, -0.1) is 0 Å². The zero-order valence-electron chi connectivity index (χ0n) is 18.4. The number of rotatable bonds is 7. The fourth-order valence-electron chi connectivity index (χ4n) is 3.84. The Balaban J connectivity index is 1.77. The smallest absolute Gasteiger partial charge is 0.307 e. The highest BCUT2D eigenvalue weighted by molar-refractivity contribution is 6.38. The number of carbonyl (C=O) groups is 2. The molecule has 3 aromatic carbocycles. The third-order valence-corrected chi connectivity index (χ3v) is 5.53. The number of carboxylic acids is 1. The van der Waals surface area contributed by atoms with E-state index in [0.29, 0.717) is 27.5 Å². The standard InChI is InChI=1S/C26H24ClN3O3/c1-30(2)15-17-5-10-20(11-6-17)28-25(18-7-3-16(4-8-18)13-23(31)32)24-21-12-9-19(27)14-22(21)29-26(24)33/h3-12,14,28H,13,15H2,1-2H3,(H,29,33)(H,31,32). The van der Waals surface area contributed by atoms with Crippen molar-refractivity contribution in [2.75, 3.05) is 24.7 Å². The third-order valence-electron chi connectivity index (χ3n) is 5.30. The molecular weight excluding hydrogens is 438 g/mol. The van der Waals surface area contributed by atoms with Gasteiger partial charge in [-0.1, -0.05) is 54.1 Å². The summed E-state index contributed by atoms with van der Waals surface area (Å²) in [4.78, 5) is 26.1. The Morgan fingerprint density at radius 3 is 2.30 bits per heavy atom. The highest BCUT2D eigenvalue weighted by Crippen LogP contribution is 2.38. The maximum Gasteiger partial charge on any atom is 0.307 e. The number of hydrogen-bond acceptors (Lipinski definition) is 4. The topological polar surface area (TPSA) is 81.7 Å². The Morgan fingerprint density at radius 2 is 1.67 bits per heavy atom. The molecule has 0 atom stereocenters. The van der Waals surface area contributed by atoms with Crippen molar-refractivity contribution in [2.24, 2.45) is 0 Å². The molecule has 168 valence electrons. The maximum absolute atomic E-state index is 13.0. The second-order valence-electron chi connectivity index (χ2n) is 8.22. The lowest BCUT2D eigenvalue weighted by molar-refractivity contribution is -0.136. The van der Waals surface area contributed by atoms with Crippen LogP contribution in [0.5, 0.6) is 0 Å². The van der Waals surface area contributed by atoms with Gasteiger partial charge in [0.2, 0.25) is 0 Å². The zero-order valence-corrected chi connectivity index (χ0v) is 19.1. The van der Waals surface area contributed by atoms with Crippen LogP contribution in [0.15, 0.2) is 66.7 Å². The van der Waals surface area contributed by atoms with E-state index in [1.54, 1.807) is 24.3 Å². The van der Waals surface area contributed by atoms with Crippen molar-refractivity contribution >= 4 is 46.1 Å². The molecule has 0 aliphatic carbocycles. The van der Waals surface area contributed by atoms with Gasteiger partial charge >= 0.3 is 5.97 Å². The molecule has 1 aliphatic rings. The first kappa shape index (κ1) is 22.6. The number of aliphatic carboxylic acids is 1. The third kappa shape index (κ3) is 5.25. The van der Waals surface area contributed by atoms with Gasteiger partial charge in [-0.3, -0.25) is 9.59 Å². The molecule has 1 aliphatic heterocycles. The summed E-state index contributed by atoms with van der Waals surface area (Å²) in [5, 5.41) is 15.9. The lowest BCUT2D eigenvalue weighted by atomic mass is 9.98. The molecule has 3 N–H and O–H groups in total. The summed E-state index contributed by atoms with van der Waals surface area (Å²) < 4.78 is 0. The van der Waals surface area contributed by atoms with Crippen LogP contribution in [0.1, 0.15) is 22.3 Å². The number of carbonyl (C=O) groups excluding carboxylic acids is 1. The Morgan fingerprint density at radius 1 is 1.00 bits per heavy atom. The van der Waals surface area contributed by atoms with Gasteiger partial charge in [-0.2, -0.15) is 0 Å². The summed E-state index contributed by atoms with van der Waals surface area (Å²) >= 11 is 6.12. The van der Waals surface area contributed by atoms with Crippen LogP contribution in [0.25, 0.3) is 11.3 Å². The summed E-state index contributed by atoms with van der Waals surface area (Å²) in [6.45, 7) is 0.829. The highest BCUT2D eigenvalue weighted by Gasteiger charge is 2.28. The maximum atomic E-state index is 13.0. The van der Waals surface area contributed by atoms with Crippen molar-refractivity contribution in [3.8, 4) is 0 Å². The minimum Gasteiger partial charge on any atom is -0.481 e. The quantitative estimate of drug-likeness (QED) is 0.433. The number of anilines is 2. The molecule has 0 fully saturated rings. The van der Waals surface area contributed by atoms with Crippen LogP contribution >= 0.6 is 11.6 Å². The zero-order chi connectivity index (χ0) is 23.5. The SMILES string of the molecule is CN(C)Cc1ccc(NC(=C2C(=O)Nc3cc(Cl)ccc32)c2ccc(CC(=O)O)cc2)cc1. The van der Waals surface area contributed by atoms with E-state index < -0.39 is 5.97 Å². The first-order chi connectivity index (χ1) is 15.8. The summed E-state index contributed by atoms with van der Waals surface area (Å²) in [5.41, 5.74) is 6.03. The molecule has 1 heterocycles. The van der Waals surface area contributed by atoms with E-state index in [9.17, 15) is 9.59 Å². The molecule has 4 rings (SSSR count). The van der Waals surface area contributed by atoms with Crippen molar-refractivity contribution in [1.29, 1.82) is 0 Å². The van der Waals surface area contributed by atoms with Gasteiger partial charge in [0.25, 0.3) is 5.91 Å². The van der Waals surface area contributed by atoms with Crippen molar-refractivity contribution in [1.82, 2.24) is 4.90 Å². The monoisotopic (exact) mass is 461 g/mol. The molecular formula is C26H24ClN3O3. The minimum atomic E-state index is -0.891. The number of amides is 1. The van der Waals surface area contributed by atoms with Crippen molar-refractivity contribution in [2.45, 2.75) is 13.0 Å². The van der Waals surface area contributed by atoms with Crippen molar-refractivity contribution in [3.05, 3.63) is 94.0 Å². The number of hydrogen-bond donors (Lipinski definition) is 3. The van der Waals surface area contributed by atoms with Crippen LogP contribution in [0, 0.1) is 0 Å². The molecule has 0 unspecified atom stereocenters. The van der Waals surface area contributed by atoms with Gasteiger partial charge in [-0.05, 0) is 55.1 Å². The predicted octanol–water partition coefficient (Wildman–Crippen LogP) is 4.96. The number of halogens is 1. The van der Waals surface area contributed by atoms with E-state index in [1.807, 2.05) is 56.6 Å². The molecule has 0 aromatic heterocycles. The lowest BCUT2D eigenvalue weighted by Crippen LogP contribution is -2.11. The fourth-order valence-corrected chi connectivity index (χ4v) is 4.01. The Labute approximate surface area is 197 Å². The van der Waals surface area contributed by atoms with Gasteiger partial charge in [0.15, 0.2) is 0 Å². The number of nitrogens with zero attached hydrogens (tertiary/aromatic N) is 1. The first-order valence-corrected chi connectivity index (χ1v) is 10.9. The molecule has 0 saturated heterocycles. The molecule has 0 saturated carbocycles. The van der Waals surface area contributed by atoms with Crippen LogP contribution in [0.3, 0.4) is 0 Å². The highest BCUT2D eigenvalue weighted by atomic mass is 35.5. The minimum absolute atomic E-state index is 0.0607. The second-order valence-corrected chi connectivity index (χ2v) is 8.66. The summed E-state index contributed by atoms with van der Waals surface area (Å²) in [6, 6.07) is 20.5. The van der Waals surface area contributed by atoms with Crippen molar-refractivity contribution < 1.29 is 14.7 Å². The number of carboxylic acid groups (broad SMARTS) is 1. The molecule has 7 heteroatoms. The largest absolute Gasteiger partial charge is 0.481 e. The van der Waals surface area contributed by atoms with Gasteiger partial charge in [0, 0.05) is 22.8 Å². The molecule has 0 radical (unpaired) electrons. The number of benzene rings is 3. The number of fused-ring (bicyclic) bond motifs is 1. The average molecular weight is 462 g/mol. The normalized spacial score (nSPS) is 14.1. The summed E-state index contributed by atoms with van der Waals surface area (Å²) in [5.74, 6) is -1.12. The molecule has 3 aromatic rings. The van der Waals surface area contributed by atoms with Gasteiger partial charge < -0.3 is 20.6 Å². The van der Waals surface area contributed by atoms with Gasteiger partial charge in [0.05, 0.1) is 23.4 Å². The first-order valence-electron chi connectivity index (χ1n) is 10.5. The average Bonchev–Trinajstić information content (AvgIpc) is 3.07. The summed E-state index contributed by atoms with van der Waals surface area (Å²) in [7, 11) is 4.04. The second kappa shape index (κ2) is 9.48.